The topological polar surface area (TPSA) is 103 Å². The Morgan fingerprint density at radius 2 is 1.48 bits per heavy atom. The molecule has 174 valence electrons. The van der Waals surface area contributed by atoms with Crippen molar-refractivity contribution < 1.29 is 27.4 Å². The third-order valence-electron chi connectivity index (χ3n) is 4.96. The van der Waals surface area contributed by atoms with Gasteiger partial charge in [-0.2, -0.15) is 0 Å². The first-order valence-corrected chi connectivity index (χ1v) is 11.5. The summed E-state index contributed by atoms with van der Waals surface area (Å²) in [6.07, 6.45) is 0. The van der Waals surface area contributed by atoms with Crippen LogP contribution in [0.25, 0.3) is 0 Å². The summed E-state index contributed by atoms with van der Waals surface area (Å²) in [6, 6.07) is 14.6. The quantitative estimate of drug-likeness (QED) is 0.506. The van der Waals surface area contributed by atoms with Crippen LogP contribution in [-0.2, 0) is 10.0 Å². The Kier molecular flexibility index (Phi) is 7.13. The van der Waals surface area contributed by atoms with E-state index in [0.29, 0.717) is 34.2 Å². The van der Waals surface area contributed by atoms with E-state index < -0.39 is 15.9 Å². The molecule has 0 aliphatic heterocycles. The first-order valence-electron chi connectivity index (χ1n) is 10.00. The molecule has 0 saturated heterocycles. The van der Waals surface area contributed by atoms with Crippen LogP contribution in [0.1, 0.15) is 21.5 Å². The molecule has 1 amide bonds. The largest absolute Gasteiger partial charge is 0.493 e. The van der Waals surface area contributed by atoms with E-state index in [1.54, 1.807) is 43.3 Å². The molecule has 0 bridgehead atoms. The Bertz CT molecular complexity index is 1260. The molecular formula is C24H26N2O6S. The molecule has 2 N–H and O–H groups in total. The summed E-state index contributed by atoms with van der Waals surface area (Å²) in [6.45, 7) is 3.60. The Balaban J connectivity index is 1.91. The average molecular weight is 471 g/mol. The van der Waals surface area contributed by atoms with Gasteiger partial charge in [-0.25, -0.2) is 8.42 Å². The standard InChI is InChI=1S/C24H26N2O6S/c1-15-7-6-8-17(11-15)26-33(28,29)19-10-9-16(2)20(14-19)24(27)25-18-12-21(30-3)23(32-5)22(13-18)31-4/h6-14,26H,1-5H3,(H,25,27). The van der Waals surface area contributed by atoms with Crippen LogP contribution in [0.4, 0.5) is 11.4 Å². The van der Waals surface area contributed by atoms with E-state index >= 15 is 0 Å². The summed E-state index contributed by atoms with van der Waals surface area (Å²) in [4.78, 5) is 13.0. The van der Waals surface area contributed by atoms with Crippen LogP contribution >= 0.6 is 0 Å². The molecule has 0 aliphatic carbocycles. The van der Waals surface area contributed by atoms with Crippen LogP contribution in [0.15, 0.2) is 59.5 Å². The van der Waals surface area contributed by atoms with Crippen LogP contribution in [0.5, 0.6) is 17.2 Å². The fourth-order valence-electron chi connectivity index (χ4n) is 3.29. The molecule has 3 aromatic carbocycles. The van der Waals surface area contributed by atoms with E-state index in [-0.39, 0.29) is 10.5 Å². The minimum Gasteiger partial charge on any atom is -0.493 e. The molecular weight excluding hydrogens is 444 g/mol. The molecule has 0 unspecified atom stereocenters. The molecule has 9 heteroatoms. The zero-order valence-electron chi connectivity index (χ0n) is 19.1. The zero-order chi connectivity index (χ0) is 24.2. The van der Waals surface area contributed by atoms with Crippen molar-refractivity contribution in [1.29, 1.82) is 0 Å². The van der Waals surface area contributed by atoms with Crippen molar-refractivity contribution in [2.75, 3.05) is 31.4 Å². The summed E-state index contributed by atoms with van der Waals surface area (Å²) in [5.74, 6) is 0.670. The molecule has 0 radical (unpaired) electrons. The van der Waals surface area contributed by atoms with Crippen molar-refractivity contribution in [1.82, 2.24) is 0 Å². The van der Waals surface area contributed by atoms with Crippen LogP contribution in [0, 0.1) is 13.8 Å². The maximum absolute atomic E-state index is 13.0. The number of aryl methyl sites for hydroxylation is 2. The lowest BCUT2D eigenvalue weighted by Gasteiger charge is -2.15. The van der Waals surface area contributed by atoms with Crippen molar-refractivity contribution >= 4 is 27.3 Å². The second kappa shape index (κ2) is 9.83. The predicted molar refractivity (Wildman–Crippen MR) is 127 cm³/mol. The number of nitrogens with one attached hydrogen (secondary N) is 2. The number of carbonyl (C=O) groups excluding carboxylic acids is 1. The number of anilines is 2. The molecule has 3 rings (SSSR count). The number of rotatable bonds is 8. The van der Waals surface area contributed by atoms with Crippen LogP contribution < -0.4 is 24.2 Å². The molecule has 33 heavy (non-hydrogen) atoms. The predicted octanol–water partition coefficient (Wildman–Crippen LogP) is 4.38. The van der Waals surface area contributed by atoms with Crippen molar-refractivity contribution in [2.24, 2.45) is 0 Å². The molecule has 8 nitrogen and oxygen atoms in total. The van der Waals surface area contributed by atoms with E-state index in [0.717, 1.165) is 5.56 Å². The Morgan fingerprint density at radius 3 is 2.06 bits per heavy atom. The number of amides is 1. The van der Waals surface area contributed by atoms with Gasteiger partial charge < -0.3 is 19.5 Å². The van der Waals surface area contributed by atoms with Crippen molar-refractivity contribution in [2.45, 2.75) is 18.7 Å². The number of ether oxygens (including phenoxy) is 3. The highest BCUT2D eigenvalue weighted by Crippen LogP contribution is 2.40. The van der Waals surface area contributed by atoms with Gasteiger partial charge in [0.25, 0.3) is 15.9 Å². The van der Waals surface area contributed by atoms with Gasteiger partial charge in [-0.3, -0.25) is 9.52 Å². The van der Waals surface area contributed by atoms with E-state index in [9.17, 15) is 13.2 Å². The van der Waals surface area contributed by atoms with E-state index in [1.807, 2.05) is 13.0 Å². The zero-order valence-corrected chi connectivity index (χ0v) is 19.9. The second-order valence-corrected chi connectivity index (χ2v) is 9.00. The maximum Gasteiger partial charge on any atom is 0.261 e. The fourth-order valence-corrected chi connectivity index (χ4v) is 4.36. The Hall–Kier alpha value is -3.72. The first-order chi connectivity index (χ1) is 15.7. The van der Waals surface area contributed by atoms with Gasteiger partial charge in [0.05, 0.1) is 26.2 Å². The second-order valence-electron chi connectivity index (χ2n) is 7.32. The Labute approximate surface area is 193 Å². The fraction of sp³-hybridized carbons (Fsp3) is 0.208. The minimum absolute atomic E-state index is 0.0235. The third kappa shape index (κ3) is 5.38. The number of hydrogen-bond donors (Lipinski definition) is 2. The van der Waals surface area contributed by atoms with Gasteiger partial charge in [-0.15, -0.1) is 0 Å². The van der Waals surface area contributed by atoms with E-state index in [4.69, 9.17) is 14.2 Å². The summed E-state index contributed by atoms with van der Waals surface area (Å²) in [5, 5.41) is 2.77. The number of carbonyl (C=O) groups is 1. The van der Waals surface area contributed by atoms with Crippen molar-refractivity contribution in [3.8, 4) is 17.2 Å². The smallest absolute Gasteiger partial charge is 0.261 e. The number of sulfonamides is 1. The number of methoxy groups -OCH3 is 3. The number of benzene rings is 3. The summed E-state index contributed by atoms with van der Waals surface area (Å²) < 4.78 is 44.3. The molecule has 0 fully saturated rings. The molecule has 0 saturated carbocycles. The van der Waals surface area contributed by atoms with Gasteiger partial charge in [0.15, 0.2) is 11.5 Å². The normalized spacial score (nSPS) is 10.9. The highest BCUT2D eigenvalue weighted by Gasteiger charge is 2.20. The Morgan fingerprint density at radius 1 is 0.818 bits per heavy atom. The van der Waals surface area contributed by atoms with Gasteiger partial charge >= 0.3 is 0 Å². The molecule has 0 atom stereocenters. The summed E-state index contributed by atoms with van der Waals surface area (Å²) >= 11 is 0. The third-order valence-corrected chi connectivity index (χ3v) is 6.34. The molecule has 0 aromatic heterocycles. The summed E-state index contributed by atoms with van der Waals surface area (Å²) in [7, 11) is 0.542. The highest BCUT2D eigenvalue weighted by molar-refractivity contribution is 7.92. The van der Waals surface area contributed by atoms with Crippen molar-refractivity contribution in [3.63, 3.8) is 0 Å². The molecule has 0 spiro atoms. The van der Waals surface area contributed by atoms with Gasteiger partial charge in [-0.1, -0.05) is 18.2 Å². The van der Waals surface area contributed by atoms with E-state index in [1.165, 1.54) is 33.5 Å². The minimum atomic E-state index is -3.89. The average Bonchev–Trinajstić information content (AvgIpc) is 2.78. The van der Waals surface area contributed by atoms with Gasteiger partial charge in [0.2, 0.25) is 5.75 Å². The van der Waals surface area contributed by atoms with Gasteiger partial charge in [-0.05, 0) is 49.2 Å². The van der Waals surface area contributed by atoms with Crippen LogP contribution in [0.2, 0.25) is 0 Å². The monoisotopic (exact) mass is 470 g/mol. The van der Waals surface area contributed by atoms with Gasteiger partial charge in [0, 0.05) is 29.1 Å². The lowest BCUT2D eigenvalue weighted by atomic mass is 10.1. The maximum atomic E-state index is 13.0. The summed E-state index contributed by atoms with van der Waals surface area (Å²) in [5.41, 5.74) is 2.61. The number of hydrogen-bond acceptors (Lipinski definition) is 6. The molecule has 0 aliphatic rings. The molecule has 0 heterocycles. The van der Waals surface area contributed by atoms with Crippen LogP contribution in [0.3, 0.4) is 0 Å². The molecule has 3 aromatic rings. The highest BCUT2D eigenvalue weighted by atomic mass is 32.2. The van der Waals surface area contributed by atoms with Gasteiger partial charge in [0.1, 0.15) is 0 Å². The lowest BCUT2D eigenvalue weighted by Crippen LogP contribution is -2.17. The van der Waals surface area contributed by atoms with Crippen LogP contribution in [-0.4, -0.2) is 35.7 Å². The SMILES string of the molecule is COc1cc(NC(=O)c2cc(S(=O)(=O)Nc3cccc(C)c3)ccc2C)cc(OC)c1OC. The van der Waals surface area contributed by atoms with Crippen molar-refractivity contribution in [3.05, 3.63) is 71.3 Å². The first kappa shape index (κ1) is 23.9. The lowest BCUT2D eigenvalue weighted by molar-refractivity contribution is 0.102. The van der Waals surface area contributed by atoms with E-state index in [2.05, 4.69) is 10.0 Å².